The molecular weight excluding hydrogens is 380 g/mol. The molecular formula is C23H20N4O3. The molecule has 1 heterocycles. The van der Waals surface area contributed by atoms with Crippen LogP contribution in [0, 0.1) is 24.0 Å². The van der Waals surface area contributed by atoms with Gasteiger partial charge in [-0.25, -0.2) is 0 Å². The molecule has 4 aromatic rings. The molecule has 0 unspecified atom stereocenters. The number of nitrogens with zero attached hydrogens (tertiary/aromatic N) is 4. The Kier molecular flexibility index (Phi) is 5.02. The first kappa shape index (κ1) is 19.3. The van der Waals surface area contributed by atoms with Crippen LogP contribution in [-0.2, 0) is 0 Å². The lowest BCUT2D eigenvalue weighted by Crippen LogP contribution is -2.01. The number of methoxy groups -OCH3 is 1. The van der Waals surface area contributed by atoms with Gasteiger partial charge in [0.25, 0.3) is 0 Å². The van der Waals surface area contributed by atoms with Crippen LogP contribution in [0.1, 0.15) is 11.1 Å². The van der Waals surface area contributed by atoms with E-state index in [1.807, 2.05) is 62.4 Å². The second-order valence-corrected chi connectivity index (χ2v) is 7.03. The van der Waals surface area contributed by atoms with Crippen molar-refractivity contribution in [3.8, 4) is 34.0 Å². The normalized spacial score (nSPS) is 10.8. The molecule has 0 amide bonds. The van der Waals surface area contributed by atoms with Gasteiger partial charge in [0.05, 0.1) is 17.7 Å². The number of aromatic nitrogens is 3. The Bertz CT molecular complexity index is 1150. The van der Waals surface area contributed by atoms with Crippen molar-refractivity contribution in [2.45, 2.75) is 13.8 Å². The Morgan fingerprint density at radius 3 is 1.77 bits per heavy atom. The summed E-state index contributed by atoms with van der Waals surface area (Å²) in [6.45, 7) is 4.05. The van der Waals surface area contributed by atoms with Crippen LogP contribution in [0.4, 0.5) is 5.69 Å². The van der Waals surface area contributed by atoms with Crippen LogP contribution in [0.25, 0.3) is 28.2 Å². The van der Waals surface area contributed by atoms with E-state index in [1.165, 1.54) is 18.0 Å². The number of hydrogen-bond donors (Lipinski definition) is 0. The van der Waals surface area contributed by atoms with Gasteiger partial charge in [-0.1, -0.05) is 59.7 Å². The molecule has 3 aromatic carbocycles. The molecule has 0 N–H and O–H groups in total. The highest BCUT2D eigenvalue weighted by atomic mass is 16.6. The molecule has 4 rings (SSSR count). The van der Waals surface area contributed by atoms with Gasteiger partial charge in [-0.05, 0) is 26.0 Å². The summed E-state index contributed by atoms with van der Waals surface area (Å²) in [6, 6.07) is 20.7. The zero-order valence-corrected chi connectivity index (χ0v) is 16.9. The predicted octanol–water partition coefficient (Wildman–Crippen LogP) is 5.13. The largest absolute Gasteiger partial charge is 0.490 e. The number of nitro groups is 1. The molecule has 0 fully saturated rings. The van der Waals surface area contributed by atoms with Crippen molar-refractivity contribution in [1.82, 2.24) is 15.0 Å². The lowest BCUT2D eigenvalue weighted by Gasteiger charge is -2.04. The zero-order chi connectivity index (χ0) is 21.3. The number of nitro benzene ring substituents is 1. The summed E-state index contributed by atoms with van der Waals surface area (Å²) in [5.74, 6) is 0.188. The van der Waals surface area contributed by atoms with Crippen LogP contribution in [0.3, 0.4) is 0 Å². The van der Waals surface area contributed by atoms with E-state index in [9.17, 15) is 10.1 Å². The first-order valence-corrected chi connectivity index (χ1v) is 9.40. The molecule has 0 aliphatic rings. The molecule has 150 valence electrons. The number of aryl methyl sites for hydroxylation is 2. The summed E-state index contributed by atoms with van der Waals surface area (Å²) in [4.78, 5) is 12.4. The van der Waals surface area contributed by atoms with Crippen LogP contribution < -0.4 is 4.74 Å². The lowest BCUT2D eigenvalue weighted by molar-refractivity contribution is -0.385. The van der Waals surface area contributed by atoms with Crippen molar-refractivity contribution < 1.29 is 9.66 Å². The van der Waals surface area contributed by atoms with E-state index >= 15 is 0 Å². The fraction of sp³-hybridized carbons (Fsp3) is 0.130. The highest BCUT2D eigenvalue weighted by Crippen LogP contribution is 2.32. The van der Waals surface area contributed by atoms with Crippen molar-refractivity contribution in [2.75, 3.05) is 7.11 Å². The maximum absolute atomic E-state index is 11.4. The summed E-state index contributed by atoms with van der Waals surface area (Å²) < 4.78 is 5.10. The Morgan fingerprint density at radius 1 is 0.833 bits per heavy atom. The maximum Gasteiger partial charge on any atom is 0.313 e. The van der Waals surface area contributed by atoms with Gasteiger partial charge in [-0.15, -0.1) is 10.2 Å². The topological polar surface area (TPSA) is 83.1 Å². The minimum atomic E-state index is -0.479. The van der Waals surface area contributed by atoms with Crippen molar-refractivity contribution in [3.63, 3.8) is 0 Å². The van der Waals surface area contributed by atoms with E-state index in [0.29, 0.717) is 17.1 Å². The lowest BCUT2D eigenvalue weighted by atomic mass is 10.0. The van der Waals surface area contributed by atoms with Crippen LogP contribution in [-0.4, -0.2) is 27.0 Å². The zero-order valence-electron chi connectivity index (χ0n) is 16.9. The highest BCUT2D eigenvalue weighted by molar-refractivity contribution is 5.78. The number of ether oxygens (including phenoxy) is 1. The Hall–Kier alpha value is -4.00. The van der Waals surface area contributed by atoms with Crippen molar-refractivity contribution >= 4 is 5.69 Å². The van der Waals surface area contributed by atoms with Crippen LogP contribution in [0.15, 0.2) is 66.7 Å². The van der Waals surface area contributed by atoms with Crippen molar-refractivity contribution in [2.24, 2.45) is 0 Å². The second-order valence-electron chi connectivity index (χ2n) is 7.03. The first-order chi connectivity index (χ1) is 14.5. The van der Waals surface area contributed by atoms with Gasteiger partial charge in [0.1, 0.15) is 11.4 Å². The highest BCUT2D eigenvalue weighted by Gasteiger charge is 2.20. The number of rotatable bonds is 5. The number of hydrogen-bond acceptors (Lipinski definition) is 5. The number of benzene rings is 3. The summed E-state index contributed by atoms with van der Waals surface area (Å²) in [5, 5.41) is 20.8. The van der Waals surface area contributed by atoms with Gasteiger partial charge in [0.15, 0.2) is 5.75 Å². The monoisotopic (exact) mass is 400 g/mol. The molecule has 0 aliphatic heterocycles. The average molecular weight is 400 g/mol. The predicted molar refractivity (Wildman–Crippen MR) is 115 cm³/mol. The van der Waals surface area contributed by atoms with E-state index in [2.05, 4.69) is 10.2 Å². The molecule has 0 aliphatic carbocycles. The molecule has 0 bridgehead atoms. The maximum atomic E-state index is 11.4. The second kappa shape index (κ2) is 7.79. The quantitative estimate of drug-likeness (QED) is 0.342. The van der Waals surface area contributed by atoms with E-state index in [1.54, 1.807) is 12.1 Å². The third kappa shape index (κ3) is 3.65. The molecule has 0 radical (unpaired) electrons. The molecule has 7 nitrogen and oxygen atoms in total. The van der Waals surface area contributed by atoms with Gasteiger partial charge < -0.3 is 4.74 Å². The third-order valence-corrected chi connectivity index (χ3v) is 4.85. The van der Waals surface area contributed by atoms with Gasteiger partial charge in [0, 0.05) is 17.2 Å². The third-order valence-electron chi connectivity index (χ3n) is 4.85. The molecule has 0 spiro atoms. The van der Waals surface area contributed by atoms with Gasteiger partial charge in [-0.3, -0.25) is 10.1 Å². The van der Waals surface area contributed by atoms with Crippen LogP contribution in [0.5, 0.6) is 5.75 Å². The van der Waals surface area contributed by atoms with Crippen LogP contribution >= 0.6 is 0 Å². The smallest absolute Gasteiger partial charge is 0.313 e. The Morgan fingerprint density at radius 2 is 1.33 bits per heavy atom. The van der Waals surface area contributed by atoms with Gasteiger partial charge in [0.2, 0.25) is 0 Å². The van der Waals surface area contributed by atoms with E-state index in [4.69, 9.17) is 4.74 Å². The van der Waals surface area contributed by atoms with Crippen molar-refractivity contribution in [3.05, 3.63) is 88.0 Å². The van der Waals surface area contributed by atoms with Gasteiger partial charge in [-0.2, -0.15) is 4.80 Å². The minimum absolute atomic E-state index is 0.138. The minimum Gasteiger partial charge on any atom is -0.490 e. The van der Waals surface area contributed by atoms with E-state index in [-0.39, 0.29) is 11.4 Å². The average Bonchev–Trinajstić information content (AvgIpc) is 3.19. The SMILES string of the molecule is COc1ccc(-n2nc(-c3ccc(C)cc3)c(-c3ccc(C)cc3)n2)cc1[N+](=O)[O-]. The summed E-state index contributed by atoms with van der Waals surface area (Å²) in [5.41, 5.74) is 5.89. The molecule has 0 saturated carbocycles. The Balaban J connectivity index is 1.89. The molecule has 30 heavy (non-hydrogen) atoms. The molecule has 0 atom stereocenters. The summed E-state index contributed by atoms with van der Waals surface area (Å²) in [6.07, 6.45) is 0. The van der Waals surface area contributed by atoms with E-state index < -0.39 is 4.92 Å². The Labute approximate surface area is 173 Å². The van der Waals surface area contributed by atoms with Gasteiger partial charge >= 0.3 is 5.69 Å². The summed E-state index contributed by atoms with van der Waals surface area (Å²) in [7, 11) is 1.40. The standard InChI is InChI=1S/C23H20N4O3/c1-15-4-8-17(9-5-15)22-23(18-10-6-16(2)7-11-18)25-26(24-22)19-12-13-21(30-3)20(14-19)27(28)29/h4-14H,1-3H3. The van der Waals surface area contributed by atoms with Crippen LogP contribution in [0.2, 0.25) is 0 Å². The summed E-state index contributed by atoms with van der Waals surface area (Å²) >= 11 is 0. The fourth-order valence-corrected chi connectivity index (χ4v) is 3.18. The molecule has 0 saturated heterocycles. The molecule has 7 heteroatoms. The first-order valence-electron chi connectivity index (χ1n) is 9.40. The fourth-order valence-electron chi connectivity index (χ4n) is 3.18. The molecule has 1 aromatic heterocycles. The van der Waals surface area contributed by atoms with E-state index in [0.717, 1.165) is 22.3 Å². The van der Waals surface area contributed by atoms with Crippen molar-refractivity contribution in [1.29, 1.82) is 0 Å².